The maximum atomic E-state index is 12.3. The van der Waals surface area contributed by atoms with E-state index in [-0.39, 0.29) is 5.91 Å². The van der Waals surface area contributed by atoms with Crippen LogP contribution in [-0.2, 0) is 11.2 Å². The molecule has 1 amide bonds. The Bertz CT molecular complexity index is 1010. The predicted molar refractivity (Wildman–Crippen MR) is 119 cm³/mol. The molecule has 0 radical (unpaired) electrons. The molecule has 0 unspecified atom stereocenters. The van der Waals surface area contributed by atoms with Crippen LogP contribution in [0.1, 0.15) is 39.4 Å². The lowest BCUT2D eigenvalue weighted by Gasteiger charge is -2.35. The van der Waals surface area contributed by atoms with Crippen molar-refractivity contribution in [3.63, 3.8) is 0 Å². The van der Waals surface area contributed by atoms with Crippen LogP contribution in [0, 0.1) is 5.92 Å². The number of fused-ring (bicyclic) bond motifs is 1. The van der Waals surface area contributed by atoms with Gasteiger partial charge in [0, 0.05) is 39.0 Å². The van der Waals surface area contributed by atoms with Gasteiger partial charge in [0.1, 0.15) is 11.6 Å². The lowest BCUT2D eigenvalue weighted by atomic mass is 10.1. The minimum absolute atomic E-state index is 0.252. The standard InChI is InChI=1S/C23H30N6O/c1-4-8-21(30)27-11-13-28(14-12-27)22-19-16-24-29(18-9-6-5-7-10-18)23(19)26-20(25-22)15-17(2)3/h5-7,9-10,16-17H,4,8,11-15H2,1-3H3. The highest BCUT2D eigenvalue weighted by molar-refractivity contribution is 5.88. The number of nitrogens with zero attached hydrogens (tertiary/aromatic N) is 6. The van der Waals surface area contributed by atoms with Crippen molar-refractivity contribution in [1.29, 1.82) is 0 Å². The van der Waals surface area contributed by atoms with E-state index in [1.807, 2.05) is 53.0 Å². The smallest absolute Gasteiger partial charge is 0.222 e. The van der Waals surface area contributed by atoms with E-state index in [9.17, 15) is 4.79 Å². The van der Waals surface area contributed by atoms with Crippen molar-refractivity contribution in [1.82, 2.24) is 24.6 Å². The Morgan fingerprint density at radius 2 is 1.80 bits per heavy atom. The van der Waals surface area contributed by atoms with Gasteiger partial charge in [0.15, 0.2) is 5.65 Å². The third-order valence-corrected chi connectivity index (χ3v) is 5.44. The Morgan fingerprint density at radius 3 is 2.47 bits per heavy atom. The number of benzene rings is 1. The number of aromatic nitrogens is 4. The van der Waals surface area contributed by atoms with Crippen molar-refractivity contribution in [2.45, 2.75) is 40.0 Å². The number of hydrogen-bond acceptors (Lipinski definition) is 5. The highest BCUT2D eigenvalue weighted by Crippen LogP contribution is 2.27. The Hall–Kier alpha value is -2.96. The molecule has 0 spiro atoms. The first-order valence-electron chi connectivity index (χ1n) is 10.9. The lowest BCUT2D eigenvalue weighted by Crippen LogP contribution is -2.49. The van der Waals surface area contributed by atoms with E-state index in [0.29, 0.717) is 12.3 Å². The first-order valence-corrected chi connectivity index (χ1v) is 10.9. The van der Waals surface area contributed by atoms with Crippen LogP contribution in [0.3, 0.4) is 0 Å². The molecule has 0 bridgehead atoms. The topological polar surface area (TPSA) is 67.2 Å². The Morgan fingerprint density at radius 1 is 1.07 bits per heavy atom. The first kappa shape index (κ1) is 20.3. The molecule has 0 saturated carbocycles. The van der Waals surface area contributed by atoms with Crippen LogP contribution in [0.25, 0.3) is 16.7 Å². The Balaban J connectivity index is 1.69. The zero-order valence-corrected chi connectivity index (χ0v) is 18.1. The van der Waals surface area contributed by atoms with Crippen LogP contribution < -0.4 is 4.90 Å². The molecule has 158 valence electrons. The second-order valence-corrected chi connectivity index (χ2v) is 8.31. The van der Waals surface area contributed by atoms with Crippen LogP contribution >= 0.6 is 0 Å². The van der Waals surface area contributed by atoms with Gasteiger partial charge in [0.2, 0.25) is 5.91 Å². The van der Waals surface area contributed by atoms with E-state index in [0.717, 1.165) is 67.4 Å². The summed E-state index contributed by atoms with van der Waals surface area (Å²) >= 11 is 0. The van der Waals surface area contributed by atoms with Crippen molar-refractivity contribution >= 4 is 22.8 Å². The summed E-state index contributed by atoms with van der Waals surface area (Å²) in [6.07, 6.45) is 4.20. The normalized spacial score (nSPS) is 14.7. The molecular formula is C23H30N6O. The van der Waals surface area contributed by atoms with Gasteiger partial charge < -0.3 is 9.80 Å². The van der Waals surface area contributed by atoms with Gasteiger partial charge in [-0.1, -0.05) is 39.0 Å². The minimum atomic E-state index is 0.252. The van der Waals surface area contributed by atoms with Crippen LogP contribution in [0.4, 0.5) is 5.82 Å². The lowest BCUT2D eigenvalue weighted by molar-refractivity contribution is -0.131. The third kappa shape index (κ3) is 4.15. The molecule has 1 saturated heterocycles. The fourth-order valence-corrected chi connectivity index (χ4v) is 3.93. The van der Waals surface area contributed by atoms with Crippen LogP contribution in [0.2, 0.25) is 0 Å². The van der Waals surface area contributed by atoms with Gasteiger partial charge in [-0.05, 0) is 24.5 Å². The number of piperazine rings is 1. The van der Waals surface area contributed by atoms with Crippen molar-refractivity contribution < 1.29 is 4.79 Å². The van der Waals surface area contributed by atoms with Crippen LogP contribution in [-0.4, -0.2) is 56.7 Å². The summed E-state index contributed by atoms with van der Waals surface area (Å²) in [5, 5.41) is 5.59. The molecule has 3 heterocycles. The van der Waals surface area contributed by atoms with Crippen molar-refractivity contribution in [2.75, 3.05) is 31.1 Å². The summed E-state index contributed by atoms with van der Waals surface area (Å²) in [6, 6.07) is 10.1. The third-order valence-electron chi connectivity index (χ3n) is 5.44. The predicted octanol–water partition coefficient (Wildman–Crippen LogP) is 3.46. The van der Waals surface area contributed by atoms with Crippen LogP contribution in [0.5, 0.6) is 0 Å². The Labute approximate surface area is 177 Å². The average Bonchev–Trinajstić information content (AvgIpc) is 3.17. The zero-order chi connectivity index (χ0) is 21.1. The highest BCUT2D eigenvalue weighted by atomic mass is 16.2. The SMILES string of the molecule is CCCC(=O)N1CCN(c2nc(CC(C)C)nc3c2cnn3-c2ccccc2)CC1. The summed E-state index contributed by atoms with van der Waals surface area (Å²) < 4.78 is 1.89. The van der Waals surface area contributed by atoms with E-state index in [4.69, 9.17) is 9.97 Å². The van der Waals surface area contributed by atoms with Gasteiger partial charge in [-0.25, -0.2) is 14.6 Å². The molecule has 1 fully saturated rings. The minimum Gasteiger partial charge on any atom is -0.352 e. The molecule has 0 aliphatic carbocycles. The van der Waals surface area contributed by atoms with Crippen LogP contribution in [0.15, 0.2) is 36.5 Å². The second-order valence-electron chi connectivity index (χ2n) is 8.31. The van der Waals surface area contributed by atoms with Crippen molar-refractivity contribution in [3.05, 3.63) is 42.4 Å². The number of rotatable bonds is 6. The van der Waals surface area contributed by atoms with E-state index in [1.54, 1.807) is 0 Å². The molecule has 0 N–H and O–H groups in total. The largest absolute Gasteiger partial charge is 0.352 e. The molecule has 1 aliphatic rings. The molecule has 3 aromatic rings. The molecule has 4 rings (SSSR count). The van der Waals surface area contributed by atoms with Gasteiger partial charge in [0.05, 0.1) is 17.3 Å². The van der Waals surface area contributed by atoms with E-state index in [1.165, 1.54) is 0 Å². The van der Waals surface area contributed by atoms with Gasteiger partial charge in [0.25, 0.3) is 0 Å². The average molecular weight is 407 g/mol. The molecular weight excluding hydrogens is 376 g/mol. The molecule has 30 heavy (non-hydrogen) atoms. The van der Waals surface area contributed by atoms with E-state index < -0.39 is 0 Å². The number of carbonyl (C=O) groups is 1. The maximum Gasteiger partial charge on any atom is 0.222 e. The van der Waals surface area contributed by atoms with Crippen molar-refractivity contribution in [3.8, 4) is 5.69 Å². The van der Waals surface area contributed by atoms with Gasteiger partial charge >= 0.3 is 0 Å². The maximum absolute atomic E-state index is 12.3. The number of carbonyl (C=O) groups excluding carboxylic acids is 1. The second kappa shape index (κ2) is 8.81. The summed E-state index contributed by atoms with van der Waals surface area (Å²) in [5.74, 6) is 2.49. The molecule has 1 aliphatic heterocycles. The summed E-state index contributed by atoms with van der Waals surface area (Å²) in [5.41, 5.74) is 1.83. The summed E-state index contributed by atoms with van der Waals surface area (Å²) in [7, 11) is 0. The quantitative estimate of drug-likeness (QED) is 0.627. The zero-order valence-electron chi connectivity index (χ0n) is 18.1. The number of hydrogen-bond donors (Lipinski definition) is 0. The van der Waals surface area contributed by atoms with Gasteiger partial charge in [-0.3, -0.25) is 4.79 Å². The fourth-order valence-electron chi connectivity index (χ4n) is 3.93. The summed E-state index contributed by atoms with van der Waals surface area (Å²) in [4.78, 5) is 26.3. The summed E-state index contributed by atoms with van der Waals surface area (Å²) in [6.45, 7) is 9.43. The molecule has 2 aromatic heterocycles. The van der Waals surface area contributed by atoms with E-state index >= 15 is 0 Å². The number of para-hydroxylation sites is 1. The number of amides is 1. The molecule has 7 nitrogen and oxygen atoms in total. The number of anilines is 1. The molecule has 0 atom stereocenters. The molecule has 7 heteroatoms. The Kier molecular flexibility index (Phi) is 5.97. The molecule has 1 aromatic carbocycles. The van der Waals surface area contributed by atoms with E-state index in [2.05, 4.69) is 23.8 Å². The van der Waals surface area contributed by atoms with Crippen molar-refractivity contribution in [2.24, 2.45) is 5.92 Å². The van der Waals surface area contributed by atoms with Gasteiger partial charge in [-0.15, -0.1) is 0 Å². The first-order chi connectivity index (χ1) is 14.6. The monoisotopic (exact) mass is 406 g/mol. The highest BCUT2D eigenvalue weighted by Gasteiger charge is 2.24. The van der Waals surface area contributed by atoms with Gasteiger partial charge in [-0.2, -0.15) is 5.10 Å². The fraction of sp³-hybridized carbons (Fsp3) is 0.478.